The van der Waals surface area contributed by atoms with Crippen molar-refractivity contribution < 1.29 is 0 Å². The highest BCUT2D eigenvalue weighted by Gasteiger charge is 2.14. The van der Waals surface area contributed by atoms with Gasteiger partial charge in [-0.15, -0.1) is 11.3 Å². The van der Waals surface area contributed by atoms with Crippen molar-refractivity contribution in [1.29, 1.82) is 0 Å². The summed E-state index contributed by atoms with van der Waals surface area (Å²) in [5.74, 6) is 0. The molecular formula is C16H20Cl2N2S. The Labute approximate surface area is 140 Å². The van der Waals surface area contributed by atoms with Gasteiger partial charge >= 0.3 is 0 Å². The fourth-order valence-corrected chi connectivity index (χ4v) is 3.45. The molecule has 1 atom stereocenters. The molecule has 0 radical (unpaired) electrons. The highest BCUT2D eigenvalue weighted by Crippen LogP contribution is 2.30. The van der Waals surface area contributed by atoms with E-state index >= 15 is 0 Å². The predicted octanol–water partition coefficient (Wildman–Crippen LogP) is 4.97. The minimum absolute atomic E-state index is 0.0893. The zero-order valence-corrected chi connectivity index (χ0v) is 14.4. The van der Waals surface area contributed by atoms with Crippen LogP contribution in [0.4, 0.5) is 0 Å². The summed E-state index contributed by atoms with van der Waals surface area (Å²) in [6.45, 7) is 5.10. The summed E-state index contributed by atoms with van der Waals surface area (Å²) in [6, 6.07) is 9.80. The van der Waals surface area contributed by atoms with E-state index in [-0.39, 0.29) is 6.04 Å². The molecule has 0 spiro atoms. The van der Waals surface area contributed by atoms with Crippen molar-refractivity contribution in [2.24, 2.45) is 5.73 Å². The van der Waals surface area contributed by atoms with E-state index in [0.717, 1.165) is 31.6 Å². The van der Waals surface area contributed by atoms with E-state index < -0.39 is 0 Å². The van der Waals surface area contributed by atoms with Gasteiger partial charge in [-0.1, -0.05) is 48.3 Å². The van der Waals surface area contributed by atoms with E-state index in [0.29, 0.717) is 10.0 Å². The smallest absolute Gasteiger partial charge is 0.0640 e. The average Bonchev–Trinajstić information content (AvgIpc) is 2.99. The van der Waals surface area contributed by atoms with Gasteiger partial charge in [0.05, 0.1) is 10.0 Å². The highest BCUT2D eigenvalue weighted by molar-refractivity contribution is 7.09. The molecule has 0 bridgehead atoms. The molecule has 2 nitrogen and oxygen atoms in total. The number of hydrogen-bond acceptors (Lipinski definition) is 3. The summed E-state index contributed by atoms with van der Waals surface area (Å²) in [4.78, 5) is 3.77. The molecule has 2 aromatic rings. The first-order chi connectivity index (χ1) is 10.1. The van der Waals surface area contributed by atoms with Crippen molar-refractivity contribution in [1.82, 2.24) is 4.90 Å². The lowest BCUT2D eigenvalue weighted by atomic mass is 10.0. The molecule has 5 heteroatoms. The van der Waals surface area contributed by atoms with Crippen molar-refractivity contribution in [2.45, 2.75) is 25.9 Å². The normalized spacial score (nSPS) is 12.8. The van der Waals surface area contributed by atoms with Crippen LogP contribution in [0.5, 0.6) is 0 Å². The second-order valence-corrected chi connectivity index (χ2v) is 6.80. The van der Waals surface area contributed by atoms with Crippen LogP contribution in [-0.2, 0) is 6.54 Å². The molecule has 1 unspecified atom stereocenters. The van der Waals surface area contributed by atoms with Gasteiger partial charge in [0, 0.05) is 24.0 Å². The van der Waals surface area contributed by atoms with E-state index in [1.165, 1.54) is 4.88 Å². The van der Waals surface area contributed by atoms with Crippen molar-refractivity contribution in [3.8, 4) is 0 Å². The van der Waals surface area contributed by atoms with Gasteiger partial charge in [-0.25, -0.2) is 0 Å². The molecule has 2 rings (SSSR count). The van der Waals surface area contributed by atoms with E-state index in [9.17, 15) is 0 Å². The maximum Gasteiger partial charge on any atom is 0.0640 e. The third kappa shape index (κ3) is 4.70. The van der Waals surface area contributed by atoms with Gasteiger partial charge in [0.1, 0.15) is 0 Å². The molecule has 0 aliphatic carbocycles. The molecule has 0 aliphatic rings. The minimum atomic E-state index is -0.0893. The highest BCUT2D eigenvalue weighted by atomic mass is 35.5. The lowest BCUT2D eigenvalue weighted by Gasteiger charge is -2.22. The predicted molar refractivity (Wildman–Crippen MR) is 93.3 cm³/mol. The second kappa shape index (κ2) is 8.16. The third-order valence-electron chi connectivity index (χ3n) is 3.54. The van der Waals surface area contributed by atoms with Crippen LogP contribution < -0.4 is 5.73 Å². The quantitative estimate of drug-likeness (QED) is 0.769. The molecule has 0 saturated carbocycles. The number of halogens is 2. The zero-order valence-electron chi connectivity index (χ0n) is 12.1. The van der Waals surface area contributed by atoms with Crippen LogP contribution in [0.2, 0.25) is 10.0 Å². The molecule has 1 aromatic heterocycles. The van der Waals surface area contributed by atoms with Crippen LogP contribution in [0.25, 0.3) is 0 Å². The summed E-state index contributed by atoms with van der Waals surface area (Å²) in [5, 5.41) is 3.25. The van der Waals surface area contributed by atoms with Gasteiger partial charge in [-0.3, -0.25) is 4.90 Å². The Morgan fingerprint density at radius 3 is 2.71 bits per heavy atom. The van der Waals surface area contributed by atoms with Crippen molar-refractivity contribution in [3.63, 3.8) is 0 Å². The lowest BCUT2D eigenvalue weighted by molar-refractivity contribution is 0.270. The van der Waals surface area contributed by atoms with Crippen molar-refractivity contribution >= 4 is 34.5 Å². The molecule has 2 N–H and O–H groups in total. The standard InChI is InChI=1S/C16H20Cl2N2S/c1-2-20(11-12-5-4-10-21-12)9-8-15(19)13-6-3-7-14(17)16(13)18/h3-7,10,15H,2,8-9,11,19H2,1H3. The van der Waals surface area contributed by atoms with Crippen LogP contribution in [0.1, 0.15) is 29.8 Å². The molecule has 0 saturated heterocycles. The van der Waals surface area contributed by atoms with Crippen LogP contribution >= 0.6 is 34.5 Å². The Bertz CT molecular complexity index is 557. The molecule has 0 amide bonds. The molecule has 0 aliphatic heterocycles. The zero-order chi connectivity index (χ0) is 15.2. The van der Waals surface area contributed by atoms with Gasteiger partial charge in [0.15, 0.2) is 0 Å². The largest absolute Gasteiger partial charge is 0.324 e. The first-order valence-electron chi connectivity index (χ1n) is 7.06. The monoisotopic (exact) mass is 342 g/mol. The Morgan fingerprint density at radius 2 is 2.05 bits per heavy atom. The number of rotatable bonds is 7. The van der Waals surface area contributed by atoms with Crippen LogP contribution in [-0.4, -0.2) is 18.0 Å². The number of benzene rings is 1. The first-order valence-corrected chi connectivity index (χ1v) is 8.69. The summed E-state index contributed by atoms with van der Waals surface area (Å²) in [5.41, 5.74) is 7.20. The van der Waals surface area contributed by atoms with Crippen LogP contribution in [0, 0.1) is 0 Å². The SMILES string of the molecule is CCN(CCC(N)c1cccc(Cl)c1Cl)Cc1cccs1. The molecule has 1 heterocycles. The Balaban J connectivity index is 1.92. The Hall–Kier alpha value is -0.580. The molecule has 1 aromatic carbocycles. The number of hydrogen-bond donors (Lipinski definition) is 1. The first kappa shape index (κ1) is 16.8. The van der Waals surface area contributed by atoms with Gasteiger partial charge in [-0.05, 0) is 36.0 Å². The van der Waals surface area contributed by atoms with E-state index in [4.69, 9.17) is 28.9 Å². The van der Waals surface area contributed by atoms with Crippen molar-refractivity contribution in [2.75, 3.05) is 13.1 Å². The molecule has 0 fully saturated rings. The number of nitrogens with zero attached hydrogens (tertiary/aromatic N) is 1. The Morgan fingerprint density at radius 1 is 1.24 bits per heavy atom. The maximum atomic E-state index is 6.27. The molecule has 114 valence electrons. The summed E-state index contributed by atoms with van der Waals surface area (Å²) in [6.07, 6.45) is 0.860. The fraction of sp³-hybridized carbons (Fsp3) is 0.375. The van der Waals surface area contributed by atoms with Crippen LogP contribution in [0.3, 0.4) is 0 Å². The van der Waals surface area contributed by atoms with Crippen molar-refractivity contribution in [3.05, 3.63) is 56.2 Å². The minimum Gasteiger partial charge on any atom is -0.324 e. The lowest BCUT2D eigenvalue weighted by Crippen LogP contribution is -2.26. The van der Waals surface area contributed by atoms with Crippen LogP contribution in [0.15, 0.2) is 35.7 Å². The summed E-state index contributed by atoms with van der Waals surface area (Å²) in [7, 11) is 0. The topological polar surface area (TPSA) is 29.3 Å². The second-order valence-electron chi connectivity index (χ2n) is 4.99. The maximum absolute atomic E-state index is 6.27. The summed E-state index contributed by atoms with van der Waals surface area (Å²) >= 11 is 14.1. The fourth-order valence-electron chi connectivity index (χ4n) is 2.26. The van der Waals surface area contributed by atoms with E-state index in [2.05, 4.69) is 29.3 Å². The Kier molecular flexibility index (Phi) is 6.52. The van der Waals surface area contributed by atoms with E-state index in [1.807, 2.05) is 12.1 Å². The molecular weight excluding hydrogens is 323 g/mol. The van der Waals surface area contributed by atoms with Gasteiger partial charge < -0.3 is 5.73 Å². The van der Waals surface area contributed by atoms with Gasteiger partial charge in [-0.2, -0.15) is 0 Å². The van der Waals surface area contributed by atoms with E-state index in [1.54, 1.807) is 17.4 Å². The molecule has 21 heavy (non-hydrogen) atoms. The van der Waals surface area contributed by atoms with Gasteiger partial charge in [0.25, 0.3) is 0 Å². The average molecular weight is 343 g/mol. The number of nitrogens with two attached hydrogens (primary N) is 1. The number of thiophene rings is 1. The summed E-state index contributed by atoms with van der Waals surface area (Å²) < 4.78 is 0. The van der Waals surface area contributed by atoms with Gasteiger partial charge in [0.2, 0.25) is 0 Å². The third-order valence-corrected chi connectivity index (χ3v) is 5.24.